The largest absolute Gasteiger partial charge is 0.272 e. The maximum Gasteiger partial charge on any atom is 0.272 e. The number of aryl methyl sites for hydroxylation is 1. The normalized spacial score (nSPS) is 11.5. The number of benzene rings is 1. The van der Waals surface area contributed by atoms with Crippen molar-refractivity contribution in [1.29, 1.82) is 0 Å². The number of rotatable bonds is 5. The fourth-order valence-electron chi connectivity index (χ4n) is 2.07. The summed E-state index contributed by atoms with van der Waals surface area (Å²) < 4.78 is 28.8. The van der Waals surface area contributed by atoms with E-state index in [2.05, 4.69) is 9.82 Å². The highest BCUT2D eigenvalue weighted by atomic mass is 32.2. The van der Waals surface area contributed by atoms with Crippen molar-refractivity contribution in [3.05, 3.63) is 65.2 Å². The van der Waals surface area contributed by atoms with Crippen LogP contribution in [0.4, 0.5) is 5.82 Å². The summed E-state index contributed by atoms with van der Waals surface area (Å²) >= 11 is 1.18. The molecule has 0 radical (unpaired) electrons. The van der Waals surface area contributed by atoms with Crippen LogP contribution in [0.25, 0.3) is 0 Å². The predicted molar refractivity (Wildman–Crippen MR) is 87.6 cm³/mol. The summed E-state index contributed by atoms with van der Waals surface area (Å²) in [5, 5.41) is 6.00. The Labute approximate surface area is 133 Å². The average Bonchev–Trinajstić information content (AvgIpc) is 3.13. The van der Waals surface area contributed by atoms with E-state index in [0.717, 1.165) is 5.56 Å². The Bertz CT molecular complexity index is 868. The summed E-state index contributed by atoms with van der Waals surface area (Å²) in [6.07, 6.45) is 1.76. The number of thiophene rings is 1. The van der Waals surface area contributed by atoms with Gasteiger partial charge in [0.1, 0.15) is 4.21 Å². The Morgan fingerprint density at radius 2 is 2.00 bits per heavy atom. The quantitative estimate of drug-likeness (QED) is 0.780. The fourth-order valence-corrected chi connectivity index (χ4v) is 4.06. The Balaban J connectivity index is 1.76. The number of sulfonamides is 1. The van der Waals surface area contributed by atoms with Crippen LogP contribution in [0, 0.1) is 6.92 Å². The summed E-state index contributed by atoms with van der Waals surface area (Å²) in [6.45, 7) is 2.65. The van der Waals surface area contributed by atoms with E-state index in [1.165, 1.54) is 16.9 Å². The van der Waals surface area contributed by atoms with Gasteiger partial charge in [0.25, 0.3) is 10.0 Å². The maximum absolute atomic E-state index is 12.1. The Kier molecular flexibility index (Phi) is 4.00. The van der Waals surface area contributed by atoms with E-state index in [0.29, 0.717) is 12.4 Å². The van der Waals surface area contributed by atoms with Crippen LogP contribution in [0.15, 0.2) is 58.3 Å². The van der Waals surface area contributed by atoms with E-state index in [4.69, 9.17) is 0 Å². The summed E-state index contributed by atoms with van der Waals surface area (Å²) in [5.74, 6) is 0.321. The SMILES string of the molecule is Cc1ccccc1Cn1ccc(NS(=O)(=O)c2cccs2)n1. The van der Waals surface area contributed by atoms with Crippen LogP contribution in [-0.2, 0) is 16.6 Å². The summed E-state index contributed by atoms with van der Waals surface area (Å²) in [7, 11) is -3.55. The standard InChI is InChI=1S/C15H15N3O2S2/c1-12-5-2-3-6-13(12)11-18-9-8-14(16-18)17-22(19,20)15-7-4-10-21-15/h2-10H,11H2,1H3,(H,16,17). The Morgan fingerprint density at radius 1 is 1.18 bits per heavy atom. The number of nitrogens with one attached hydrogen (secondary N) is 1. The molecule has 0 spiro atoms. The molecular weight excluding hydrogens is 318 g/mol. The van der Waals surface area contributed by atoms with Gasteiger partial charge in [-0.05, 0) is 29.5 Å². The smallest absolute Gasteiger partial charge is 0.266 e. The van der Waals surface area contributed by atoms with Gasteiger partial charge in [0.15, 0.2) is 5.82 Å². The highest BCUT2D eigenvalue weighted by Crippen LogP contribution is 2.19. The zero-order chi connectivity index (χ0) is 15.6. The molecule has 114 valence electrons. The van der Waals surface area contributed by atoms with E-state index in [9.17, 15) is 8.42 Å². The van der Waals surface area contributed by atoms with Crippen LogP contribution in [0.3, 0.4) is 0 Å². The fraction of sp³-hybridized carbons (Fsp3) is 0.133. The molecule has 5 nitrogen and oxygen atoms in total. The van der Waals surface area contributed by atoms with Crippen LogP contribution in [0.2, 0.25) is 0 Å². The number of anilines is 1. The minimum Gasteiger partial charge on any atom is -0.266 e. The second-order valence-corrected chi connectivity index (χ2v) is 7.72. The second-order valence-electron chi connectivity index (χ2n) is 4.86. The summed E-state index contributed by atoms with van der Waals surface area (Å²) in [4.78, 5) is 0. The Morgan fingerprint density at radius 3 is 2.73 bits per heavy atom. The van der Waals surface area contributed by atoms with Crippen molar-refractivity contribution in [2.75, 3.05) is 4.72 Å². The van der Waals surface area contributed by atoms with Gasteiger partial charge in [-0.15, -0.1) is 11.3 Å². The third-order valence-corrected chi connectivity index (χ3v) is 5.99. The molecule has 3 rings (SSSR count). The molecule has 0 bridgehead atoms. The summed E-state index contributed by atoms with van der Waals surface area (Å²) in [6, 6.07) is 13.0. The van der Waals surface area contributed by atoms with Crippen LogP contribution in [0.1, 0.15) is 11.1 Å². The van der Waals surface area contributed by atoms with Gasteiger partial charge in [-0.1, -0.05) is 30.3 Å². The van der Waals surface area contributed by atoms with Gasteiger partial charge in [0.05, 0.1) is 6.54 Å². The third kappa shape index (κ3) is 3.20. The maximum atomic E-state index is 12.1. The molecule has 3 aromatic rings. The van der Waals surface area contributed by atoms with E-state index >= 15 is 0 Å². The van der Waals surface area contributed by atoms with Crippen LogP contribution in [-0.4, -0.2) is 18.2 Å². The van der Waals surface area contributed by atoms with Crippen LogP contribution < -0.4 is 4.72 Å². The first-order valence-corrected chi connectivity index (χ1v) is 9.05. The molecule has 22 heavy (non-hydrogen) atoms. The Hall–Kier alpha value is -2.12. The topological polar surface area (TPSA) is 64.0 Å². The van der Waals surface area contributed by atoms with Crippen molar-refractivity contribution in [3.8, 4) is 0 Å². The molecule has 0 fully saturated rings. The minimum absolute atomic E-state index is 0.279. The molecular formula is C15H15N3O2S2. The summed E-state index contributed by atoms with van der Waals surface area (Å²) in [5.41, 5.74) is 2.33. The highest BCUT2D eigenvalue weighted by Gasteiger charge is 2.16. The van der Waals surface area contributed by atoms with Gasteiger partial charge >= 0.3 is 0 Å². The number of hydrogen-bond donors (Lipinski definition) is 1. The number of aromatic nitrogens is 2. The van der Waals surface area contributed by atoms with Crippen molar-refractivity contribution in [2.24, 2.45) is 0 Å². The molecule has 1 aromatic carbocycles. The van der Waals surface area contributed by atoms with Crippen molar-refractivity contribution in [1.82, 2.24) is 9.78 Å². The minimum atomic E-state index is -3.55. The van der Waals surface area contributed by atoms with Crippen molar-refractivity contribution in [3.63, 3.8) is 0 Å². The van der Waals surface area contributed by atoms with Crippen molar-refractivity contribution < 1.29 is 8.42 Å². The van der Waals surface area contributed by atoms with Gasteiger partial charge in [-0.25, -0.2) is 8.42 Å². The molecule has 0 amide bonds. The molecule has 0 aliphatic carbocycles. The van der Waals surface area contributed by atoms with Crippen molar-refractivity contribution in [2.45, 2.75) is 17.7 Å². The monoisotopic (exact) mass is 333 g/mol. The molecule has 2 aromatic heterocycles. The van der Waals surface area contributed by atoms with Gasteiger partial charge < -0.3 is 0 Å². The zero-order valence-electron chi connectivity index (χ0n) is 11.9. The first-order valence-electron chi connectivity index (χ1n) is 6.69. The van der Waals surface area contributed by atoms with E-state index in [1.807, 2.05) is 31.2 Å². The molecule has 0 unspecified atom stereocenters. The highest BCUT2D eigenvalue weighted by molar-refractivity contribution is 7.94. The van der Waals surface area contributed by atoms with Crippen LogP contribution >= 0.6 is 11.3 Å². The van der Waals surface area contributed by atoms with E-state index in [1.54, 1.807) is 34.5 Å². The van der Waals surface area contributed by atoms with E-state index < -0.39 is 10.0 Å². The van der Waals surface area contributed by atoms with Gasteiger partial charge in [0.2, 0.25) is 0 Å². The lowest BCUT2D eigenvalue weighted by Crippen LogP contribution is -2.12. The molecule has 2 heterocycles. The second kappa shape index (κ2) is 5.94. The van der Waals surface area contributed by atoms with Crippen LogP contribution in [0.5, 0.6) is 0 Å². The molecule has 0 aliphatic rings. The first kappa shape index (κ1) is 14.8. The predicted octanol–water partition coefficient (Wildman–Crippen LogP) is 3.10. The number of hydrogen-bond acceptors (Lipinski definition) is 4. The molecule has 0 atom stereocenters. The van der Waals surface area contributed by atoms with E-state index in [-0.39, 0.29) is 4.21 Å². The lowest BCUT2D eigenvalue weighted by molar-refractivity contribution is 0.602. The lowest BCUT2D eigenvalue weighted by atomic mass is 10.1. The third-order valence-electron chi connectivity index (χ3n) is 3.23. The molecule has 0 saturated carbocycles. The van der Waals surface area contributed by atoms with Gasteiger partial charge in [-0.3, -0.25) is 9.40 Å². The molecule has 1 N–H and O–H groups in total. The molecule has 0 saturated heterocycles. The first-order chi connectivity index (χ1) is 10.5. The lowest BCUT2D eigenvalue weighted by Gasteiger charge is -2.06. The van der Waals surface area contributed by atoms with Crippen molar-refractivity contribution >= 4 is 27.2 Å². The zero-order valence-corrected chi connectivity index (χ0v) is 13.6. The molecule has 7 heteroatoms. The average molecular weight is 333 g/mol. The molecule has 0 aliphatic heterocycles. The number of nitrogens with zero attached hydrogens (tertiary/aromatic N) is 2. The van der Waals surface area contributed by atoms with Gasteiger partial charge in [-0.2, -0.15) is 5.10 Å². The van der Waals surface area contributed by atoms with Gasteiger partial charge in [0, 0.05) is 12.3 Å².